The first-order chi connectivity index (χ1) is 11.3. The summed E-state index contributed by atoms with van der Waals surface area (Å²) < 4.78 is 0. The highest BCUT2D eigenvalue weighted by atomic mass is 32.1. The largest absolute Gasteiger partial charge is 0.384 e. The quantitative estimate of drug-likeness (QED) is 0.772. The molecule has 0 bridgehead atoms. The number of nitrogens with two attached hydrogens (primary N) is 1. The third-order valence-electron chi connectivity index (χ3n) is 4.07. The summed E-state index contributed by atoms with van der Waals surface area (Å²) in [5, 5.41) is 8.25. The Kier molecular flexibility index (Phi) is 3.49. The van der Waals surface area contributed by atoms with Crippen LogP contribution in [0.15, 0.2) is 24.4 Å². The lowest BCUT2D eigenvalue weighted by atomic mass is 10.2. The summed E-state index contributed by atoms with van der Waals surface area (Å²) in [7, 11) is 0. The Balaban J connectivity index is 1.78. The van der Waals surface area contributed by atoms with Gasteiger partial charge in [-0.2, -0.15) is 5.10 Å². The van der Waals surface area contributed by atoms with E-state index in [9.17, 15) is 0 Å². The number of pyridine rings is 1. The molecule has 1 aliphatic rings. The van der Waals surface area contributed by atoms with Crippen LogP contribution in [0.5, 0.6) is 0 Å². The SMILES string of the molecule is CCN(c1cccc(N)n1)c1nc2c(s1)CCCc1[nH]ncc1-2. The molecule has 0 aromatic carbocycles. The van der Waals surface area contributed by atoms with Gasteiger partial charge in [-0.3, -0.25) is 5.10 Å². The Labute approximate surface area is 138 Å². The molecular weight excluding hydrogens is 308 g/mol. The molecule has 4 rings (SSSR count). The van der Waals surface area contributed by atoms with Crippen LogP contribution in [-0.2, 0) is 12.8 Å². The summed E-state index contributed by atoms with van der Waals surface area (Å²) in [4.78, 5) is 12.8. The highest BCUT2D eigenvalue weighted by Crippen LogP contribution is 2.39. The van der Waals surface area contributed by atoms with Crippen LogP contribution in [0.4, 0.5) is 16.8 Å². The minimum absolute atomic E-state index is 0.524. The zero-order chi connectivity index (χ0) is 15.8. The van der Waals surface area contributed by atoms with Crippen LogP contribution in [-0.4, -0.2) is 26.7 Å². The minimum Gasteiger partial charge on any atom is -0.384 e. The van der Waals surface area contributed by atoms with Gasteiger partial charge in [0.25, 0.3) is 0 Å². The first-order valence-corrected chi connectivity index (χ1v) is 8.60. The number of nitrogens with zero attached hydrogens (tertiary/aromatic N) is 4. The molecule has 0 radical (unpaired) electrons. The number of aryl methyl sites for hydroxylation is 2. The molecule has 0 spiro atoms. The van der Waals surface area contributed by atoms with E-state index in [1.54, 1.807) is 17.4 Å². The van der Waals surface area contributed by atoms with Gasteiger partial charge in [0, 0.05) is 22.7 Å². The molecule has 3 aromatic heterocycles. The number of aromatic amines is 1. The molecule has 3 N–H and O–H groups in total. The molecule has 0 amide bonds. The molecule has 0 fully saturated rings. The second-order valence-electron chi connectivity index (χ2n) is 5.55. The van der Waals surface area contributed by atoms with Gasteiger partial charge in [-0.15, -0.1) is 11.3 Å². The summed E-state index contributed by atoms with van der Waals surface area (Å²) >= 11 is 1.74. The van der Waals surface area contributed by atoms with E-state index in [1.807, 2.05) is 18.3 Å². The van der Waals surface area contributed by atoms with Crippen LogP contribution < -0.4 is 10.6 Å². The Morgan fingerprint density at radius 3 is 3.04 bits per heavy atom. The van der Waals surface area contributed by atoms with E-state index >= 15 is 0 Å². The van der Waals surface area contributed by atoms with Crippen molar-refractivity contribution < 1.29 is 0 Å². The maximum absolute atomic E-state index is 5.83. The van der Waals surface area contributed by atoms with Crippen molar-refractivity contribution in [1.82, 2.24) is 20.2 Å². The van der Waals surface area contributed by atoms with E-state index in [0.717, 1.165) is 48.0 Å². The second kappa shape index (κ2) is 5.66. The molecule has 3 aromatic rings. The number of H-pyrrole nitrogens is 1. The number of hydrogen-bond donors (Lipinski definition) is 2. The highest BCUT2D eigenvalue weighted by molar-refractivity contribution is 7.16. The number of hydrogen-bond acceptors (Lipinski definition) is 6. The Hall–Kier alpha value is -2.41. The molecule has 6 nitrogen and oxygen atoms in total. The monoisotopic (exact) mass is 326 g/mol. The fourth-order valence-corrected chi connectivity index (χ4v) is 4.14. The molecule has 3 heterocycles. The molecule has 0 saturated carbocycles. The summed E-state index contributed by atoms with van der Waals surface area (Å²) in [6, 6.07) is 5.69. The van der Waals surface area contributed by atoms with Crippen molar-refractivity contribution in [3.05, 3.63) is 35.0 Å². The predicted molar refractivity (Wildman–Crippen MR) is 93.1 cm³/mol. The normalized spacial score (nSPS) is 13.3. The number of fused-ring (bicyclic) bond motifs is 3. The van der Waals surface area contributed by atoms with Crippen molar-refractivity contribution in [3.63, 3.8) is 0 Å². The number of nitrogen functional groups attached to an aromatic ring is 1. The molecule has 7 heteroatoms. The lowest BCUT2D eigenvalue weighted by molar-refractivity contribution is 0.811. The van der Waals surface area contributed by atoms with Crippen LogP contribution in [0, 0.1) is 0 Å². The van der Waals surface area contributed by atoms with Crippen molar-refractivity contribution in [3.8, 4) is 11.3 Å². The lowest BCUT2D eigenvalue weighted by Gasteiger charge is -2.18. The maximum atomic E-state index is 5.83. The Morgan fingerprint density at radius 1 is 1.30 bits per heavy atom. The summed E-state index contributed by atoms with van der Waals surface area (Å²) in [6.07, 6.45) is 5.09. The topological polar surface area (TPSA) is 83.7 Å². The van der Waals surface area contributed by atoms with E-state index in [0.29, 0.717) is 5.82 Å². The van der Waals surface area contributed by atoms with Crippen LogP contribution in [0.1, 0.15) is 23.9 Å². The van der Waals surface area contributed by atoms with Crippen LogP contribution in [0.3, 0.4) is 0 Å². The number of thiazole rings is 1. The average Bonchev–Trinajstić information content (AvgIpc) is 3.13. The summed E-state index contributed by atoms with van der Waals surface area (Å²) in [5.74, 6) is 1.36. The van der Waals surface area contributed by atoms with E-state index in [4.69, 9.17) is 10.7 Å². The molecule has 0 atom stereocenters. The van der Waals surface area contributed by atoms with Crippen molar-refractivity contribution in [2.24, 2.45) is 0 Å². The van der Waals surface area contributed by atoms with Gasteiger partial charge in [0.15, 0.2) is 5.13 Å². The number of rotatable bonds is 3. The zero-order valence-corrected chi connectivity index (χ0v) is 13.7. The third-order valence-corrected chi connectivity index (χ3v) is 5.21. The van der Waals surface area contributed by atoms with E-state index in [2.05, 4.69) is 27.0 Å². The van der Waals surface area contributed by atoms with Gasteiger partial charge in [-0.25, -0.2) is 9.97 Å². The molecule has 0 unspecified atom stereocenters. The van der Waals surface area contributed by atoms with Gasteiger partial charge < -0.3 is 10.6 Å². The lowest BCUT2D eigenvalue weighted by Crippen LogP contribution is -2.17. The standard InChI is InChI=1S/C16H18N6S/c1-2-22(14-8-4-7-13(17)19-14)16-20-15-10-9-18-21-11(10)5-3-6-12(15)23-16/h4,7-9H,2-3,5-6H2,1H3,(H2,17,19)(H,18,21). The van der Waals surface area contributed by atoms with Gasteiger partial charge in [0.1, 0.15) is 11.6 Å². The molecule has 118 valence electrons. The van der Waals surface area contributed by atoms with Gasteiger partial charge in [0.05, 0.1) is 11.9 Å². The van der Waals surface area contributed by atoms with Crippen molar-refractivity contribution in [2.45, 2.75) is 26.2 Å². The first kappa shape index (κ1) is 14.2. The maximum Gasteiger partial charge on any atom is 0.191 e. The fourth-order valence-electron chi connectivity index (χ4n) is 2.95. The van der Waals surface area contributed by atoms with Crippen LogP contribution >= 0.6 is 11.3 Å². The second-order valence-corrected chi connectivity index (χ2v) is 6.61. The van der Waals surface area contributed by atoms with Gasteiger partial charge in [-0.05, 0) is 38.3 Å². The van der Waals surface area contributed by atoms with Crippen molar-refractivity contribution >= 4 is 28.1 Å². The summed E-state index contributed by atoms with van der Waals surface area (Å²) in [6.45, 7) is 2.89. The Bertz CT molecular complexity index is 837. The number of aromatic nitrogens is 4. The number of nitrogens with one attached hydrogen (secondary N) is 1. The smallest absolute Gasteiger partial charge is 0.191 e. The van der Waals surface area contributed by atoms with E-state index < -0.39 is 0 Å². The molecule has 1 aliphatic carbocycles. The highest BCUT2D eigenvalue weighted by Gasteiger charge is 2.23. The van der Waals surface area contributed by atoms with Crippen molar-refractivity contribution in [1.29, 1.82) is 0 Å². The zero-order valence-electron chi connectivity index (χ0n) is 12.9. The van der Waals surface area contributed by atoms with Gasteiger partial charge in [0.2, 0.25) is 0 Å². The number of anilines is 3. The Morgan fingerprint density at radius 2 is 2.22 bits per heavy atom. The van der Waals surface area contributed by atoms with E-state index in [1.165, 1.54) is 10.6 Å². The minimum atomic E-state index is 0.524. The average molecular weight is 326 g/mol. The predicted octanol–water partition coefficient (Wildman–Crippen LogP) is 3.16. The molecular formula is C16H18N6S. The first-order valence-electron chi connectivity index (χ1n) is 7.78. The molecule has 23 heavy (non-hydrogen) atoms. The van der Waals surface area contributed by atoms with Gasteiger partial charge in [-0.1, -0.05) is 6.07 Å². The fraction of sp³-hybridized carbons (Fsp3) is 0.312. The third kappa shape index (κ3) is 2.46. The van der Waals surface area contributed by atoms with E-state index in [-0.39, 0.29) is 0 Å². The van der Waals surface area contributed by atoms with Gasteiger partial charge >= 0.3 is 0 Å². The molecule has 0 saturated heterocycles. The molecule has 0 aliphatic heterocycles. The summed E-state index contributed by atoms with van der Waals surface area (Å²) in [5.41, 5.74) is 9.21. The van der Waals surface area contributed by atoms with Crippen LogP contribution in [0.2, 0.25) is 0 Å². The van der Waals surface area contributed by atoms with Crippen LogP contribution in [0.25, 0.3) is 11.3 Å². The van der Waals surface area contributed by atoms with Crippen molar-refractivity contribution in [2.75, 3.05) is 17.2 Å².